The van der Waals surface area contributed by atoms with Gasteiger partial charge in [0, 0.05) is 32.2 Å². The Hall–Kier alpha value is -4.03. The molecule has 1 saturated heterocycles. The van der Waals surface area contributed by atoms with Crippen LogP contribution in [0.4, 0.5) is 20.4 Å². The molecule has 0 radical (unpaired) electrons. The summed E-state index contributed by atoms with van der Waals surface area (Å²) in [7, 11) is 3.08. The van der Waals surface area contributed by atoms with Crippen LogP contribution in [0.3, 0.4) is 0 Å². The van der Waals surface area contributed by atoms with Gasteiger partial charge in [0.05, 0.1) is 42.2 Å². The fourth-order valence-electron chi connectivity index (χ4n) is 5.28. The third kappa shape index (κ3) is 6.07. The maximum absolute atomic E-state index is 15.2. The second-order valence-electron chi connectivity index (χ2n) is 10.9. The van der Waals surface area contributed by atoms with Crippen LogP contribution in [-0.2, 0) is 0 Å². The number of methoxy groups -OCH3 is 1. The molecule has 0 spiro atoms. The number of hydrogen-bond acceptors (Lipinski definition) is 8. The molecule has 228 valence electrons. The second-order valence-corrected chi connectivity index (χ2v) is 11.3. The molecule has 1 fully saturated rings. The summed E-state index contributed by atoms with van der Waals surface area (Å²) < 4.78 is 41.4. The molecular weight excluding hydrogens is 582 g/mol. The van der Waals surface area contributed by atoms with Gasteiger partial charge in [-0.1, -0.05) is 23.7 Å². The number of carbonyl (C=O) groups is 2. The zero-order valence-corrected chi connectivity index (χ0v) is 25.2. The van der Waals surface area contributed by atoms with Gasteiger partial charge in [0.1, 0.15) is 28.5 Å². The molecule has 13 heteroatoms. The number of piperidine rings is 1. The van der Waals surface area contributed by atoms with E-state index in [4.69, 9.17) is 21.1 Å². The predicted molar refractivity (Wildman–Crippen MR) is 158 cm³/mol. The highest BCUT2D eigenvalue weighted by Gasteiger charge is 2.35. The Balaban J connectivity index is 1.34. The van der Waals surface area contributed by atoms with Gasteiger partial charge in [-0.05, 0) is 44.9 Å². The fraction of sp³-hybridized carbons (Fsp3) is 0.400. The van der Waals surface area contributed by atoms with Gasteiger partial charge in [-0.25, -0.2) is 13.8 Å². The third-order valence-corrected chi connectivity index (χ3v) is 8.20. The Morgan fingerprint density at radius 2 is 2.00 bits per heavy atom. The van der Waals surface area contributed by atoms with E-state index in [1.807, 2.05) is 31.7 Å². The monoisotopic (exact) mass is 614 g/mol. The van der Waals surface area contributed by atoms with Crippen LogP contribution >= 0.6 is 11.6 Å². The van der Waals surface area contributed by atoms with Crippen molar-refractivity contribution in [2.45, 2.75) is 51.5 Å². The van der Waals surface area contributed by atoms with Crippen LogP contribution < -0.4 is 20.1 Å². The number of amides is 2. The van der Waals surface area contributed by atoms with E-state index < -0.39 is 23.9 Å². The largest absolute Gasteiger partial charge is 0.495 e. The van der Waals surface area contributed by atoms with Gasteiger partial charge in [-0.15, -0.1) is 0 Å². The second kappa shape index (κ2) is 12.3. The summed E-state index contributed by atoms with van der Waals surface area (Å²) in [5, 5.41) is 5.58. The number of benzene rings is 2. The fourth-order valence-corrected chi connectivity index (χ4v) is 5.41. The van der Waals surface area contributed by atoms with Gasteiger partial charge < -0.3 is 25.0 Å². The number of nitrogens with zero attached hydrogens (tertiary/aromatic N) is 4. The standard InChI is InChI=1S/C30H33ClF2N6O4/c1-15(2)39-10-9-22(21(33)14-39)35-27(40)18-11-25(42-5)23(12-20(18)32)36-30-34-13-19(31)28(37-30)43-24-8-6-7-17-16(3)38(4)29(41)26(17)24/h6-8,11-13,15-16,21-22H,9-10,14H2,1-5H3,(H,35,40)(H,34,36,37)/t16-,21+,22-/m0/s1. The molecule has 43 heavy (non-hydrogen) atoms. The van der Waals surface area contributed by atoms with Crippen LogP contribution in [0.25, 0.3) is 0 Å². The van der Waals surface area contributed by atoms with Crippen molar-refractivity contribution in [2.75, 3.05) is 32.6 Å². The molecule has 3 heterocycles. The van der Waals surface area contributed by atoms with Crippen molar-refractivity contribution in [3.05, 3.63) is 64.1 Å². The molecule has 0 saturated carbocycles. The molecule has 0 aliphatic carbocycles. The van der Waals surface area contributed by atoms with E-state index in [1.165, 1.54) is 19.4 Å². The zero-order valence-electron chi connectivity index (χ0n) is 24.5. The summed E-state index contributed by atoms with van der Waals surface area (Å²) in [5.41, 5.74) is 1.08. The highest BCUT2D eigenvalue weighted by molar-refractivity contribution is 6.31. The number of halogens is 3. The minimum Gasteiger partial charge on any atom is -0.495 e. The number of carbonyl (C=O) groups excluding carboxylic acids is 2. The number of nitrogens with one attached hydrogen (secondary N) is 2. The van der Waals surface area contributed by atoms with E-state index in [0.29, 0.717) is 18.5 Å². The summed E-state index contributed by atoms with van der Waals surface area (Å²) >= 11 is 6.32. The highest BCUT2D eigenvalue weighted by atomic mass is 35.5. The van der Waals surface area contributed by atoms with Crippen molar-refractivity contribution in [3.8, 4) is 17.4 Å². The lowest BCUT2D eigenvalue weighted by Gasteiger charge is -2.37. The van der Waals surface area contributed by atoms with Crippen molar-refractivity contribution in [1.29, 1.82) is 0 Å². The first kappa shape index (κ1) is 30.4. The number of anilines is 2. The van der Waals surface area contributed by atoms with E-state index in [1.54, 1.807) is 24.1 Å². The lowest BCUT2D eigenvalue weighted by atomic mass is 10.0. The van der Waals surface area contributed by atoms with Crippen molar-refractivity contribution >= 4 is 35.1 Å². The molecule has 2 aliphatic heterocycles. The first-order chi connectivity index (χ1) is 20.5. The predicted octanol–water partition coefficient (Wildman–Crippen LogP) is 5.51. The summed E-state index contributed by atoms with van der Waals surface area (Å²) in [6.07, 6.45) is 0.440. The van der Waals surface area contributed by atoms with Gasteiger partial charge in [-0.3, -0.25) is 14.5 Å². The van der Waals surface area contributed by atoms with Crippen molar-refractivity contribution in [3.63, 3.8) is 0 Å². The van der Waals surface area contributed by atoms with Gasteiger partial charge in [0.25, 0.3) is 11.8 Å². The van der Waals surface area contributed by atoms with Crippen LogP contribution in [-0.4, -0.2) is 77.1 Å². The Morgan fingerprint density at radius 1 is 1.23 bits per heavy atom. The Labute approximate surface area is 253 Å². The van der Waals surface area contributed by atoms with E-state index in [-0.39, 0.29) is 64.1 Å². The quantitative estimate of drug-likeness (QED) is 0.342. The maximum Gasteiger partial charge on any atom is 0.258 e. The smallest absolute Gasteiger partial charge is 0.258 e. The average molecular weight is 615 g/mol. The minimum atomic E-state index is -1.27. The van der Waals surface area contributed by atoms with Crippen LogP contribution in [0.1, 0.15) is 59.5 Å². The Bertz CT molecular complexity index is 1560. The summed E-state index contributed by atoms with van der Waals surface area (Å²) in [4.78, 5) is 37.8. The highest BCUT2D eigenvalue weighted by Crippen LogP contribution is 2.40. The summed E-state index contributed by atoms with van der Waals surface area (Å²) in [6.45, 7) is 6.72. The number of fused-ring (bicyclic) bond motifs is 1. The molecule has 1 aromatic heterocycles. The molecule has 3 aromatic rings. The average Bonchev–Trinajstić information content (AvgIpc) is 3.20. The van der Waals surface area contributed by atoms with Crippen molar-refractivity contribution < 1.29 is 27.8 Å². The zero-order chi connectivity index (χ0) is 31.0. The molecule has 0 unspecified atom stereocenters. The third-order valence-electron chi connectivity index (χ3n) is 7.94. The molecular formula is C30H33ClF2N6O4. The summed E-state index contributed by atoms with van der Waals surface area (Å²) in [6, 6.07) is 6.93. The molecule has 2 amide bonds. The molecule has 2 N–H and O–H groups in total. The van der Waals surface area contributed by atoms with Gasteiger partial charge in [0.2, 0.25) is 11.8 Å². The van der Waals surface area contributed by atoms with Gasteiger partial charge >= 0.3 is 0 Å². The maximum atomic E-state index is 15.2. The molecule has 3 atom stereocenters. The number of rotatable bonds is 8. The molecule has 2 aliphatic rings. The van der Waals surface area contributed by atoms with Gasteiger partial charge in [-0.2, -0.15) is 4.98 Å². The molecule has 5 rings (SSSR count). The lowest BCUT2D eigenvalue weighted by molar-refractivity contribution is 0.0691. The lowest BCUT2D eigenvalue weighted by Crippen LogP contribution is -2.53. The van der Waals surface area contributed by atoms with Crippen molar-refractivity contribution in [1.82, 2.24) is 25.1 Å². The first-order valence-corrected chi connectivity index (χ1v) is 14.3. The number of alkyl halides is 1. The summed E-state index contributed by atoms with van der Waals surface area (Å²) in [5.74, 6) is -1.39. The first-order valence-electron chi connectivity index (χ1n) is 13.9. The van der Waals surface area contributed by atoms with Crippen LogP contribution in [0, 0.1) is 5.82 Å². The molecule has 10 nitrogen and oxygen atoms in total. The molecule has 0 bridgehead atoms. The topological polar surface area (TPSA) is 109 Å². The minimum absolute atomic E-state index is 0.00382. The van der Waals surface area contributed by atoms with E-state index in [0.717, 1.165) is 11.6 Å². The number of hydrogen-bond donors (Lipinski definition) is 2. The van der Waals surface area contributed by atoms with Crippen LogP contribution in [0.15, 0.2) is 36.5 Å². The SMILES string of the molecule is COc1cc(C(=O)N[C@H]2CCN(C(C)C)C[C@H]2F)c(F)cc1Nc1ncc(Cl)c(Oc2cccc3c2C(=O)N(C)[C@H]3C)n1. The number of aromatic nitrogens is 2. The van der Waals surface area contributed by atoms with Crippen molar-refractivity contribution in [2.24, 2.45) is 0 Å². The van der Waals surface area contributed by atoms with Crippen LogP contribution in [0.5, 0.6) is 17.4 Å². The van der Waals surface area contributed by atoms with E-state index in [2.05, 4.69) is 20.6 Å². The van der Waals surface area contributed by atoms with E-state index >= 15 is 4.39 Å². The van der Waals surface area contributed by atoms with E-state index in [9.17, 15) is 14.0 Å². The number of likely N-dealkylation sites (tertiary alicyclic amines) is 1. The Kier molecular flexibility index (Phi) is 8.70. The molecule has 2 aromatic carbocycles. The van der Waals surface area contributed by atoms with Crippen LogP contribution in [0.2, 0.25) is 5.02 Å². The van der Waals surface area contributed by atoms with Gasteiger partial charge in [0.15, 0.2) is 0 Å². The normalized spacial score (nSPS) is 20.3. The number of ether oxygens (including phenoxy) is 2. The Morgan fingerprint density at radius 3 is 2.70 bits per heavy atom.